The molecule has 0 aliphatic carbocycles. The van der Waals surface area contributed by atoms with Gasteiger partial charge in [0, 0.05) is 28.6 Å². The molecule has 0 bridgehead atoms. The first-order chi connectivity index (χ1) is 10.3. The van der Waals surface area contributed by atoms with Gasteiger partial charge in [0.15, 0.2) is 5.43 Å². The Balaban J connectivity index is 2.08. The lowest BCUT2D eigenvalue weighted by atomic mass is 10.1. The van der Waals surface area contributed by atoms with Gasteiger partial charge in [-0.1, -0.05) is 42.5 Å². The topological polar surface area (TPSA) is 45.8 Å². The molecule has 0 atom stereocenters. The summed E-state index contributed by atoms with van der Waals surface area (Å²) in [6, 6.07) is 19.4. The monoisotopic (exact) mass is 272 g/mol. The average molecular weight is 272 g/mol. The van der Waals surface area contributed by atoms with E-state index in [4.69, 9.17) is 4.98 Å². The van der Waals surface area contributed by atoms with Crippen LogP contribution in [0.25, 0.3) is 33.1 Å². The van der Waals surface area contributed by atoms with Gasteiger partial charge in [-0.3, -0.25) is 4.79 Å². The molecule has 0 radical (unpaired) electrons. The van der Waals surface area contributed by atoms with E-state index >= 15 is 0 Å². The molecule has 0 unspecified atom stereocenters. The highest BCUT2D eigenvalue weighted by molar-refractivity contribution is 6.03. The number of nitrogens with zero attached hydrogens (tertiary/aromatic N) is 1. The van der Waals surface area contributed by atoms with Crippen LogP contribution in [0.15, 0.2) is 71.7 Å². The second-order valence-electron chi connectivity index (χ2n) is 4.96. The Morgan fingerprint density at radius 3 is 2.52 bits per heavy atom. The van der Waals surface area contributed by atoms with Crippen LogP contribution in [0, 0.1) is 0 Å². The number of nitrogens with one attached hydrogen (secondary N) is 1. The summed E-state index contributed by atoms with van der Waals surface area (Å²) < 4.78 is 0. The second kappa shape index (κ2) is 4.56. The molecule has 0 saturated carbocycles. The van der Waals surface area contributed by atoms with E-state index in [1.165, 1.54) is 6.07 Å². The Morgan fingerprint density at radius 1 is 0.857 bits per heavy atom. The molecule has 0 aliphatic rings. The lowest BCUT2D eigenvalue weighted by molar-refractivity contribution is 1.36. The maximum atomic E-state index is 11.9. The van der Waals surface area contributed by atoms with Crippen LogP contribution in [-0.4, -0.2) is 9.97 Å². The van der Waals surface area contributed by atoms with Crippen molar-refractivity contribution in [2.75, 3.05) is 0 Å². The largest absolute Gasteiger partial charge is 0.359 e. The minimum atomic E-state index is 0.0116. The fourth-order valence-corrected chi connectivity index (χ4v) is 2.60. The summed E-state index contributed by atoms with van der Waals surface area (Å²) in [6.45, 7) is 0. The van der Waals surface area contributed by atoms with E-state index in [-0.39, 0.29) is 5.43 Å². The van der Waals surface area contributed by atoms with E-state index in [0.717, 1.165) is 27.7 Å². The SMILES string of the molecule is O=c1cc[nH]c2c1ccc1ccc(-c3ccccc3)nc12. The number of aromatic nitrogens is 2. The normalized spacial score (nSPS) is 11.0. The molecule has 0 aliphatic heterocycles. The van der Waals surface area contributed by atoms with Gasteiger partial charge in [-0.25, -0.2) is 4.98 Å². The zero-order chi connectivity index (χ0) is 14.2. The number of rotatable bonds is 1. The fraction of sp³-hybridized carbons (Fsp3) is 0. The Bertz CT molecular complexity index is 1000. The number of benzene rings is 2. The Kier molecular flexibility index (Phi) is 2.57. The third-order valence-electron chi connectivity index (χ3n) is 3.66. The van der Waals surface area contributed by atoms with Gasteiger partial charge in [0.05, 0.1) is 16.7 Å². The van der Waals surface area contributed by atoms with Gasteiger partial charge >= 0.3 is 0 Å². The maximum absolute atomic E-state index is 11.9. The van der Waals surface area contributed by atoms with E-state index in [1.807, 2.05) is 54.6 Å². The molecular weight excluding hydrogens is 260 g/mol. The fourth-order valence-electron chi connectivity index (χ4n) is 2.60. The van der Waals surface area contributed by atoms with Gasteiger partial charge in [0.2, 0.25) is 0 Å². The smallest absolute Gasteiger partial charge is 0.189 e. The van der Waals surface area contributed by atoms with Crippen LogP contribution in [0.1, 0.15) is 0 Å². The number of pyridine rings is 2. The lowest BCUT2D eigenvalue weighted by Crippen LogP contribution is -2.00. The van der Waals surface area contributed by atoms with E-state index in [9.17, 15) is 4.79 Å². The molecule has 0 saturated heterocycles. The van der Waals surface area contributed by atoms with Crippen molar-refractivity contribution < 1.29 is 0 Å². The molecule has 4 rings (SSSR count). The van der Waals surface area contributed by atoms with Crippen molar-refractivity contribution in [1.29, 1.82) is 0 Å². The average Bonchev–Trinajstić information content (AvgIpc) is 2.55. The van der Waals surface area contributed by atoms with Crippen molar-refractivity contribution >= 4 is 21.8 Å². The summed E-state index contributed by atoms with van der Waals surface area (Å²) >= 11 is 0. The molecular formula is C18H12N2O. The zero-order valence-electron chi connectivity index (χ0n) is 11.2. The molecule has 0 spiro atoms. The molecule has 3 heteroatoms. The van der Waals surface area contributed by atoms with Crippen molar-refractivity contribution in [3.05, 3.63) is 77.1 Å². The molecule has 2 aromatic carbocycles. The van der Waals surface area contributed by atoms with Crippen LogP contribution in [0.4, 0.5) is 0 Å². The lowest BCUT2D eigenvalue weighted by Gasteiger charge is -2.06. The van der Waals surface area contributed by atoms with Crippen LogP contribution in [0.5, 0.6) is 0 Å². The molecule has 3 nitrogen and oxygen atoms in total. The highest BCUT2D eigenvalue weighted by Crippen LogP contribution is 2.24. The molecule has 0 amide bonds. The third kappa shape index (κ3) is 1.91. The molecule has 100 valence electrons. The van der Waals surface area contributed by atoms with Crippen LogP contribution in [-0.2, 0) is 0 Å². The van der Waals surface area contributed by atoms with Crippen molar-refractivity contribution in [1.82, 2.24) is 9.97 Å². The van der Waals surface area contributed by atoms with Crippen LogP contribution >= 0.6 is 0 Å². The quantitative estimate of drug-likeness (QED) is 0.536. The van der Waals surface area contributed by atoms with Crippen molar-refractivity contribution in [3.63, 3.8) is 0 Å². The number of hydrogen-bond acceptors (Lipinski definition) is 2. The third-order valence-corrected chi connectivity index (χ3v) is 3.66. The molecule has 4 aromatic rings. The van der Waals surface area contributed by atoms with Crippen LogP contribution in [0.2, 0.25) is 0 Å². The Morgan fingerprint density at radius 2 is 1.67 bits per heavy atom. The second-order valence-corrected chi connectivity index (χ2v) is 4.96. The first-order valence-electron chi connectivity index (χ1n) is 6.79. The zero-order valence-corrected chi connectivity index (χ0v) is 11.2. The maximum Gasteiger partial charge on any atom is 0.189 e. The van der Waals surface area contributed by atoms with E-state index in [1.54, 1.807) is 6.20 Å². The first-order valence-corrected chi connectivity index (χ1v) is 6.79. The van der Waals surface area contributed by atoms with Gasteiger partial charge in [-0.05, 0) is 12.1 Å². The highest BCUT2D eigenvalue weighted by atomic mass is 16.1. The Hall–Kier alpha value is -2.94. The number of fused-ring (bicyclic) bond motifs is 3. The molecule has 2 heterocycles. The summed E-state index contributed by atoms with van der Waals surface area (Å²) in [6.07, 6.45) is 1.67. The summed E-state index contributed by atoms with van der Waals surface area (Å²) in [7, 11) is 0. The van der Waals surface area contributed by atoms with E-state index < -0.39 is 0 Å². The Labute approximate surface area is 120 Å². The van der Waals surface area contributed by atoms with Crippen molar-refractivity contribution in [3.8, 4) is 11.3 Å². The minimum Gasteiger partial charge on any atom is -0.359 e. The van der Waals surface area contributed by atoms with Gasteiger partial charge in [-0.2, -0.15) is 0 Å². The highest BCUT2D eigenvalue weighted by Gasteiger charge is 2.06. The van der Waals surface area contributed by atoms with Crippen molar-refractivity contribution in [2.24, 2.45) is 0 Å². The van der Waals surface area contributed by atoms with E-state index in [0.29, 0.717) is 5.39 Å². The van der Waals surface area contributed by atoms with Gasteiger partial charge in [0.1, 0.15) is 0 Å². The van der Waals surface area contributed by atoms with Crippen LogP contribution in [0.3, 0.4) is 0 Å². The number of H-pyrrole nitrogens is 1. The predicted octanol–water partition coefficient (Wildman–Crippen LogP) is 3.74. The minimum absolute atomic E-state index is 0.0116. The van der Waals surface area contributed by atoms with Gasteiger partial charge < -0.3 is 4.98 Å². The first kappa shape index (κ1) is 11.9. The van der Waals surface area contributed by atoms with E-state index in [2.05, 4.69) is 4.98 Å². The summed E-state index contributed by atoms with van der Waals surface area (Å²) in [5.41, 5.74) is 3.59. The summed E-state index contributed by atoms with van der Waals surface area (Å²) in [5, 5.41) is 1.69. The van der Waals surface area contributed by atoms with Gasteiger partial charge in [-0.15, -0.1) is 0 Å². The molecule has 21 heavy (non-hydrogen) atoms. The van der Waals surface area contributed by atoms with Crippen molar-refractivity contribution in [2.45, 2.75) is 0 Å². The number of hydrogen-bond donors (Lipinski definition) is 1. The standard InChI is InChI=1S/C18H12N2O/c21-16-10-11-19-18-14(16)8-6-13-7-9-15(20-17(13)18)12-4-2-1-3-5-12/h1-11H,(H,19,21). The predicted molar refractivity (Wildman–Crippen MR) is 85.3 cm³/mol. The molecule has 1 N–H and O–H groups in total. The molecule has 2 aromatic heterocycles. The summed E-state index contributed by atoms with van der Waals surface area (Å²) in [4.78, 5) is 19.8. The van der Waals surface area contributed by atoms with Gasteiger partial charge in [0.25, 0.3) is 0 Å². The summed E-state index contributed by atoms with van der Waals surface area (Å²) in [5.74, 6) is 0. The van der Waals surface area contributed by atoms with Crippen LogP contribution < -0.4 is 5.43 Å². The number of aromatic amines is 1. The molecule has 0 fully saturated rings.